The minimum absolute atomic E-state index is 0.0789. The molecule has 0 aliphatic heterocycles. The van der Waals surface area contributed by atoms with Crippen molar-refractivity contribution in [3.63, 3.8) is 0 Å². The van der Waals surface area contributed by atoms with Crippen molar-refractivity contribution >= 4 is 29.2 Å². The molecule has 1 aromatic heterocycles. The third-order valence-corrected chi connectivity index (χ3v) is 2.68. The van der Waals surface area contributed by atoms with Gasteiger partial charge in [0.15, 0.2) is 0 Å². The van der Waals surface area contributed by atoms with Gasteiger partial charge in [-0.15, -0.1) is 0 Å². The fourth-order valence-electron chi connectivity index (χ4n) is 1.46. The Morgan fingerprint density at radius 1 is 1.21 bits per heavy atom. The molecule has 2 rings (SSSR count). The van der Waals surface area contributed by atoms with E-state index in [1.165, 1.54) is 6.07 Å². The van der Waals surface area contributed by atoms with Gasteiger partial charge in [0.05, 0.1) is 0 Å². The highest BCUT2D eigenvalue weighted by Gasteiger charge is 2.09. The molecule has 0 atom stereocenters. The number of anilines is 3. The van der Waals surface area contributed by atoms with Crippen molar-refractivity contribution in [1.29, 1.82) is 0 Å². The SMILES string of the molecule is Cc1c(F)cccc1Nc1nc(Cl)nc(N(C)C)n1. The Bertz CT molecular complexity index is 603. The maximum Gasteiger partial charge on any atom is 0.233 e. The second kappa shape index (κ2) is 5.36. The minimum Gasteiger partial charge on any atom is -0.347 e. The summed E-state index contributed by atoms with van der Waals surface area (Å²) in [6.45, 7) is 1.67. The number of hydrogen-bond donors (Lipinski definition) is 1. The third kappa shape index (κ3) is 3.08. The minimum atomic E-state index is -0.294. The predicted octanol–water partition coefficient (Wildman–Crippen LogP) is 2.78. The highest BCUT2D eigenvalue weighted by Crippen LogP contribution is 2.21. The van der Waals surface area contributed by atoms with E-state index in [-0.39, 0.29) is 17.0 Å². The molecule has 100 valence electrons. The topological polar surface area (TPSA) is 53.9 Å². The predicted molar refractivity (Wildman–Crippen MR) is 73.6 cm³/mol. The molecule has 5 nitrogen and oxygen atoms in total. The second-order valence-electron chi connectivity index (χ2n) is 4.16. The summed E-state index contributed by atoms with van der Waals surface area (Å²) in [5, 5.41) is 3.01. The van der Waals surface area contributed by atoms with Crippen LogP contribution in [0.25, 0.3) is 0 Å². The van der Waals surface area contributed by atoms with E-state index in [9.17, 15) is 4.39 Å². The van der Waals surface area contributed by atoms with E-state index in [2.05, 4.69) is 20.3 Å². The zero-order valence-corrected chi connectivity index (χ0v) is 11.5. The molecule has 0 spiro atoms. The molecule has 0 amide bonds. The Labute approximate surface area is 115 Å². The highest BCUT2D eigenvalue weighted by atomic mass is 35.5. The van der Waals surface area contributed by atoms with E-state index in [0.717, 1.165) is 0 Å². The molecule has 19 heavy (non-hydrogen) atoms. The van der Waals surface area contributed by atoms with E-state index in [1.807, 2.05) is 0 Å². The summed E-state index contributed by atoms with van der Waals surface area (Å²) in [6, 6.07) is 4.75. The molecule has 1 N–H and O–H groups in total. The van der Waals surface area contributed by atoms with Crippen LogP contribution >= 0.6 is 11.6 Å². The standard InChI is InChI=1S/C12H13ClFN5/c1-7-8(14)5-4-6-9(7)15-11-16-10(13)17-12(18-11)19(2)3/h4-6H,1-3H3,(H,15,16,17,18). The van der Waals surface area contributed by atoms with E-state index in [0.29, 0.717) is 17.2 Å². The van der Waals surface area contributed by atoms with Gasteiger partial charge in [0.2, 0.25) is 17.2 Å². The summed E-state index contributed by atoms with van der Waals surface area (Å²) in [7, 11) is 3.59. The summed E-state index contributed by atoms with van der Waals surface area (Å²) < 4.78 is 13.4. The number of rotatable bonds is 3. The first-order valence-electron chi connectivity index (χ1n) is 5.58. The van der Waals surface area contributed by atoms with Gasteiger partial charge >= 0.3 is 0 Å². The van der Waals surface area contributed by atoms with Crippen LogP contribution in [-0.4, -0.2) is 29.0 Å². The Balaban J connectivity index is 2.35. The lowest BCUT2D eigenvalue weighted by Crippen LogP contribution is -2.14. The number of nitrogens with one attached hydrogen (secondary N) is 1. The highest BCUT2D eigenvalue weighted by molar-refractivity contribution is 6.28. The van der Waals surface area contributed by atoms with Crippen LogP contribution in [0.3, 0.4) is 0 Å². The Kier molecular flexibility index (Phi) is 3.80. The Hall–Kier alpha value is -1.95. The quantitative estimate of drug-likeness (QED) is 0.937. The fraction of sp³-hybridized carbons (Fsp3) is 0.250. The molecule has 0 saturated carbocycles. The molecule has 0 saturated heterocycles. The van der Waals surface area contributed by atoms with Crippen LogP contribution in [0, 0.1) is 12.7 Å². The van der Waals surface area contributed by atoms with E-state index >= 15 is 0 Å². The summed E-state index contributed by atoms with van der Waals surface area (Å²) in [5.74, 6) is 0.409. The molecule has 0 aliphatic carbocycles. The van der Waals surface area contributed by atoms with Crippen LogP contribution in [0.4, 0.5) is 22.0 Å². The van der Waals surface area contributed by atoms with Gasteiger partial charge in [-0.05, 0) is 30.7 Å². The lowest BCUT2D eigenvalue weighted by molar-refractivity contribution is 0.619. The monoisotopic (exact) mass is 281 g/mol. The van der Waals surface area contributed by atoms with Crippen molar-refractivity contribution < 1.29 is 4.39 Å². The van der Waals surface area contributed by atoms with E-state index < -0.39 is 0 Å². The molecule has 0 aliphatic rings. The average Bonchev–Trinajstić information content (AvgIpc) is 2.34. The molecule has 1 aromatic carbocycles. The number of halogens is 2. The first kappa shape index (κ1) is 13.5. The molecule has 0 unspecified atom stereocenters. The number of benzene rings is 1. The number of aromatic nitrogens is 3. The summed E-state index contributed by atoms with van der Waals surface area (Å²) in [6.07, 6.45) is 0. The van der Waals surface area contributed by atoms with Crippen molar-refractivity contribution in [2.75, 3.05) is 24.3 Å². The van der Waals surface area contributed by atoms with Crippen LogP contribution in [0.2, 0.25) is 5.28 Å². The molecular weight excluding hydrogens is 269 g/mol. The molecule has 0 bridgehead atoms. The zero-order chi connectivity index (χ0) is 14.0. The maximum atomic E-state index is 13.4. The van der Waals surface area contributed by atoms with Gasteiger partial charge in [-0.3, -0.25) is 0 Å². The van der Waals surface area contributed by atoms with Crippen LogP contribution in [0.1, 0.15) is 5.56 Å². The fourth-order valence-corrected chi connectivity index (χ4v) is 1.61. The van der Waals surface area contributed by atoms with Crippen LogP contribution in [-0.2, 0) is 0 Å². The van der Waals surface area contributed by atoms with Gasteiger partial charge in [0.25, 0.3) is 0 Å². The average molecular weight is 282 g/mol. The van der Waals surface area contributed by atoms with Crippen LogP contribution in [0.15, 0.2) is 18.2 Å². The largest absolute Gasteiger partial charge is 0.347 e. The lowest BCUT2D eigenvalue weighted by Gasteiger charge is -2.13. The Morgan fingerprint density at radius 3 is 2.63 bits per heavy atom. The van der Waals surface area contributed by atoms with E-state index in [1.54, 1.807) is 38.1 Å². The summed E-state index contributed by atoms with van der Waals surface area (Å²) >= 11 is 5.83. The van der Waals surface area contributed by atoms with Gasteiger partial charge in [-0.1, -0.05) is 6.07 Å². The number of nitrogens with zero attached hydrogens (tertiary/aromatic N) is 4. The van der Waals surface area contributed by atoms with Crippen LogP contribution in [0.5, 0.6) is 0 Å². The summed E-state index contributed by atoms with van der Waals surface area (Å²) in [5.41, 5.74) is 1.08. The van der Waals surface area contributed by atoms with Gasteiger partial charge in [-0.2, -0.15) is 15.0 Å². The first-order chi connectivity index (χ1) is 8.97. The third-order valence-electron chi connectivity index (χ3n) is 2.51. The molecule has 0 radical (unpaired) electrons. The van der Waals surface area contributed by atoms with Crippen molar-refractivity contribution in [3.8, 4) is 0 Å². The van der Waals surface area contributed by atoms with E-state index in [4.69, 9.17) is 11.6 Å². The van der Waals surface area contributed by atoms with Crippen molar-refractivity contribution in [1.82, 2.24) is 15.0 Å². The zero-order valence-electron chi connectivity index (χ0n) is 10.8. The second-order valence-corrected chi connectivity index (χ2v) is 4.50. The summed E-state index contributed by atoms with van der Waals surface area (Å²) in [4.78, 5) is 13.8. The Morgan fingerprint density at radius 2 is 1.95 bits per heavy atom. The molecule has 1 heterocycles. The number of hydrogen-bond acceptors (Lipinski definition) is 5. The van der Waals surface area contributed by atoms with Gasteiger partial charge in [0.1, 0.15) is 5.82 Å². The smallest absolute Gasteiger partial charge is 0.233 e. The van der Waals surface area contributed by atoms with Crippen LogP contribution < -0.4 is 10.2 Å². The molecule has 7 heteroatoms. The van der Waals surface area contributed by atoms with Gasteiger partial charge in [-0.25, -0.2) is 4.39 Å². The lowest BCUT2D eigenvalue weighted by atomic mass is 10.2. The molecular formula is C12H13ClFN5. The van der Waals surface area contributed by atoms with Crippen molar-refractivity contribution in [2.45, 2.75) is 6.92 Å². The molecule has 0 fully saturated rings. The van der Waals surface area contributed by atoms with Gasteiger partial charge in [0, 0.05) is 25.3 Å². The van der Waals surface area contributed by atoms with Crippen molar-refractivity contribution in [2.24, 2.45) is 0 Å². The normalized spacial score (nSPS) is 10.4. The molecule has 2 aromatic rings. The maximum absolute atomic E-state index is 13.4. The first-order valence-corrected chi connectivity index (χ1v) is 5.96. The van der Waals surface area contributed by atoms with Crippen molar-refractivity contribution in [3.05, 3.63) is 34.9 Å². The van der Waals surface area contributed by atoms with Gasteiger partial charge < -0.3 is 10.2 Å².